The smallest absolute Gasteiger partial charge is 0.256 e. The number of nitrogens with zero attached hydrogens (tertiary/aromatic N) is 3. The maximum absolute atomic E-state index is 12.3. The Bertz CT molecular complexity index is 409. The van der Waals surface area contributed by atoms with Crippen LogP contribution in [0.5, 0.6) is 0 Å². The molecule has 0 aromatic carbocycles. The second-order valence-electron chi connectivity index (χ2n) is 4.85. The van der Waals surface area contributed by atoms with Gasteiger partial charge >= 0.3 is 0 Å². The Morgan fingerprint density at radius 3 is 2.59 bits per heavy atom. The van der Waals surface area contributed by atoms with Crippen LogP contribution in [-0.4, -0.2) is 44.3 Å². The first-order valence-electron chi connectivity index (χ1n) is 6.03. The summed E-state index contributed by atoms with van der Waals surface area (Å²) >= 11 is 0. The minimum atomic E-state index is -0.243. The fraction of sp³-hybridized carbons (Fsp3) is 0.583. The summed E-state index contributed by atoms with van der Waals surface area (Å²) in [5.74, 6) is 0.0271. The summed E-state index contributed by atoms with van der Waals surface area (Å²) < 4.78 is 0. The highest BCUT2D eigenvalue weighted by Gasteiger charge is 2.42. The topological polar surface area (TPSA) is 66.3 Å². The van der Waals surface area contributed by atoms with Gasteiger partial charge in [0.2, 0.25) is 0 Å². The average Bonchev–Trinajstić information content (AvgIpc) is 2.62. The molecule has 2 bridgehead atoms. The Kier molecular flexibility index (Phi) is 2.55. The van der Waals surface area contributed by atoms with Gasteiger partial charge in [-0.25, -0.2) is 0 Å². The summed E-state index contributed by atoms with van der Waals surface area (Å²) in [6.07, 6.45) is 6.23. The normalized spacial score (nSPS) is 31.6. The van der Waals surface area contributed by atoms with Crippen molar-refractivity contribution >= 4 is 5.91 Å². The lowest BCUT2D eigenvalue weighted by atomic mass is 9.99. The molecule has 5 nitrogen and oxygen atoms in total. The van der Waals surface area contributed by atoms with Crippen molar-refractivity contribution in [3.63, 3.8) is 0 Å². The van der Waals surface area contributed by atoms with E-state index >= 15 is 0 Å². The molecule has 2 aliphatic rings. The van der Waals surface area contributed by atoms with E-state index in [1.54, 1.807) is 6.07 Å². The fourth-order valence-electron chi connectivity index (χ4n) is 3.05. The van der Waals surface area contributed by atoms with Gasteiger partial charge < -0.3 is 10.0 Å². The molecule has 1 aromatic heterocycles. The standard InChI is InChI=1S/C12H15N3O2/c16-11-5-9-1-2-10(6-11)15(9)12(17)8-3-4-13-14-7-8/h3-4,7,9-11,16H,1-2,5-6H2. The molecule has 5 heteroatoms. The SMILES string of the molecule is O=C(c1ccnnc1)N1C2CCC1CC(O)C2. The van der Waals surface area contributed by atoms with Crippen LogP contribution in [0.3, 0.4) is 0 Å². The van der Waals surface area contributed by atoms with E-state index in [1.807, 2.05) is 4.90 Å². The molecule has 2 fully saturated rings. The van der Waals surface area contributed by atoms with Crippen LogP contribution >= 0.6 is 0 Å². The third-order valence-corrected chi connectivity index (χ3v) is 3.77. The van der Waals surface area contributed by atoms with E-state index in [1.165, 1.54) is 12.4 Å². The highest BCUT2D eigenvalue weighted by atomic mass is 16.3. The van der Waals surface area contributed by atoms with Crippen molar-refractivity contribution in [1.29, 1.82) is 0 Å². The first-order valence-corrected chi connectivity index (χ1v) is 6.03. The molecule has 90 valence electrons. The number of piperidine rings is 1. The fourth-order valence-corrected chi connectivity index (χ4v) is 3.05. The third kappa shape index (κ3) is 1.80. The summed E-state index contributed by atoms with van der Waals surface area (Å²) in [5.41, 5.74) is 0.591. The second-order valence-corrected chi connectivity index (χ2v) is 4.85. The Balaban J connectivity index is 1.84. The molecule has 0 saturated carbocycles. The van der Waals surface area contributed by atoms with Crippen molar-refractivity contribution in [1.82, 2.24) is 15.1 Å². The molecule has 2 aliphatic heterocycles. The molecule has 1 amide bonds. The number of amides is 1. The number of carbonyl (C=O) groups is 1. The summed E-state index contributed by atoms with van der Waals surface area (Å²) in [6, 6.07) is 2.09. The predicted molar refractivity (Wildman–Crippen MR) is 60.3 cm³/mol. The molecule has 0 spiro atoms. The van der Waals surface area contributed by atoms with Gasteiger partial charge in [0.15, 0.2) is 0 Å². The van der Waals surface area contributed by atoms with Crippen LogP contribution in [0.25, 0.3) is 0 Å². The molecular formula is C12H15N3O2. The zero-order chi connectivity index (χ0) is 11.8. The maximum Gasteiger partial charge on any atom is 0.256 e. The molecule has 2 saturated heterocycles. The van der Waals surface area contributed by atoms with E-state index in [9.17, 15) is 9.90 Å². The van der Waals surface area contributed by atoms with Crippen molar-refractivity contribution < 1.29 is 9.90 Å². The van der Waals surface area contributed by atoms with Gasteiger partial charge in [0.25, 0.3) is 5.91 Å². The number of aliphatic hydroxyl groups is 1. The van der Waals surface area contributed by atoms with Crippen LogP contribution in [0.15, 0.2) is 18.5 Å². The van der Waals surface area contributed by atoms with Gasteiger partial charge in [-0.05, 0) is 31.7 Å². The number of rotatable bonds is 1. The molecule has 2 atom stereocenters. The van der Waals surface area contributed by atoms with Crippen LogP contribution in [0.2, 0.25) is 0 Å². The molecule has 1 N–H and O–H groups in total. The van der Waals surface area contributed by atoms with Gasteiger partial charge in [-0.1, -0.05) is 0 Å². The average molecular weight is 233 g/mol. The summed E-state index contributed by atoms with van der Waals surface area (Å²) in [7, 11) is 0. The zero-order valence-electron chi connectivity index (χ0n) is 9.49. The van der Waals surface area contributed by atoms with Gasteiger partial charge in [0, 0.05) is 12.1 Å². The van der Waals surface area contributed by atoms with Crippen molar-refractivity contribution in [3.8, 4) is 0 Å². The molecule has 2 unspecified atom stereocenters. The van der Waals surface area contributed by atoms with Gasteiger partial charge in [-0.3, -0.25) is 4.79 Å². The summed E-state index contributed by atoms with van der Waals surface area (Å²) in [6.45, 7) is 0. The minimum absolute atomic E-state index is 0.0271. The molecule has 3 rings (SSSR count). The van der Waals surface area contributed by atoms with E-state index < -0.39 is 0 Å². The Labute approximate surface area is 99.5 Å². The van der Waals surface area contributed by atoms with E-state index in [0.717, 1.165) is 12.8 Å². The summed E-state index contributed by atoms with van der Waals surface area (Å²) in [5, 5.41) is 17.1. The maximum atomic E-state index is 12.3. The molecular weight excluding hydrogens is 218 g/mol. The largest absolute Gasteiger partial charge is 0.393 e. The number of hydrogen-bond acceptors (Lipinski definition) is 4. The number of fused-ring (bicyclic) bond motifs is 2. The highest BCUT2D eigenvalue weighted by Crippen LogP contribution is 2.36. The van der Waals surface area contributed by atoms with E-state index in [2.05, 4.69) is 10.2 Å². The van der Waals surface area contributed by atoms with Crippen LogP contribution in [0, 0.1) is 0 Å². The summed E-state index contributed by atoms with van der Waals surface area (Å²) in [4.78, 5) is 14.3. The van der Waals surface area contributed by atoms with Gasteiger partial charge in [-0.2, -0.15) is 10.2 Å². The van der Waals surface area contributed by atoms with Gasteiger partial charge in [0.1, 0.15) is 0 Å². The molecule has 3 heterocycles. The third-order valence-electron chi connectivity index (χ3n) is 3.77. The minimum Gasteiger partial charge on any atom is -0.393 e. The Hall–Kier alpha value is -1.49. The number of aliphatic hydroxyl groups excluding tert-OH is 1. The molecule has 0 aliphatic carbocycles. The van der Waals surface area contributed by atoms with Gasteiger partial charge in [0.05, 0.1) is 24.1 Å². The lowest BCUT2D eigenvalue weighted by Gasteiger charge is -2.37. The quantitative estimate of drug-likeness (QED) is 0.771. The predicted octanol–water partition coefficient (Wildman–Crippen LogP) is 0.604. The number of aromatic nitrogens is 2. The van der Waals surface area contributed by atoms with Crippen molar-refractivity contribution in [3.05, 3.63) is 24.0 Å². The van der Waals surface area contributed by atoms with Crippen molar-refractivity contribution in [2.24, 2.45) is 0 Å². The molecule has 17 heavy (non-hydrogen) atoms. The molecule has 1 aromatic rings. The number of carbonyl (C=O) groups excluding carboxylic acids is 1. The van der Waals surface area contributed by atoms with Gasteiger partial charge in [-0.15, -0.1) is 0 Å². The lowest BCUT2D eigenvalue weighted by molar-refractivity contribution is 0.0286. The Morgan fingerprint density at radius 2 is 2.00 bits per heavy atom. The van der Waals surface area contributed by atoms with Crippen LogP contribution in [0.1, 0.15) is 36.0 Å². The zero-order valence-corrected chi connectivity index (χ0v) is 9.49. The van der Waals surface area contributed by atoms with Crippen molar-refractivity contribution in [2.75, 3.05) is 0 Å². The first-order chi connectivity index (χ1) is 8.25. The van der Waals surface area contributed by atoms with Crippen molar-refractivity contribution in [2.45, 2.75) is 43.9 Å². The Morgan fingerprint density at radius 1 is 1.29 bits per heavy atom. The number of hydrogen-bond donors (Lipinski definition) is 1. The van der Waals surface area contributed by atoms with E-state index in [0.29, 0.717) is 18.4 Å². The lowest BCUT2D eigenvalue weighted by Crippen LogP contribution is -2.48. The van der Waals surface area contributed by atoms with E-state index in [4.69, 9.17) is 0 Å². The highest BCUT2D eigenvalue weighted by molar-refractivity contribution is 5.94. The van der Waals surface area contributed by atoms with Crippen LogP contribution in [0.4, 0.5) is 0 Å². The monoisotopic (exact) mass is 233 g/mol. The molecule has 0 radical (unpaired) electrons. The van der Waals surface area contributed by atoms with Crippen LogP contribution in [-0.2, 0) is 0 Å². The van der Waals surface area contributed by atoms with E-state index in [-0.39, 0.29) is 24.1 Å². The first kappa shape index (κ1) is 10.7. The second kappa shape index (κ2) is 4.07. The van der Waals surface area contributed by atoms with Crippen LogP contribution < -0.4 is 0 Å².